The van der Waals surface area contributed by atoms with E-state index >= 15 is 0 Å². The number of hydrogen-bond acceptors (Lipinski definition) is 0. The summed E-state index contributed by atoms with van der Waals surface area (Å²) >= 11 is -2.58. The van der Waals surface area contributed by atoms with Crippen molar-refractivity contribution >= 4 is 18.1 Å². The predicted octanol–water partition coefficient (Wildman–Crippen LogP) is 13.1. The summed E-state index contributed by atoms with van der Waals surface area (Å²) in [4.78, 5) is 0. The fourth-order valence-electron chi connectivity index (χ4n) is 8.76. The van der Waals surface area contributed by atoms with E-state index in [4.69, 9.17) is 0 Å². The quantitative estimate of drug-likeness (QED) is 0.176. The van der Waals surface area contributed by atoms with Gasteiger partial charge in [-0.1, -0.05) is 0 Å². The van der Waals surface area contributed by atoms with E-state index in [0.717, 1.165) is 0 Å². The van der Waals surface area contributed by atoms with Gasteiger partial charge in [-0.15, -0.1) is 0 Å². The Labute approximate surface area is 300 Å². The average molecular weight is 817 g/mol. The van der Waals surface area contributed by atoms with Crippen molar-refractivity contribution in [2.75, 3.05) is 0 Å². The van der Waals surface area contributed by atoms with Crippen LogP contribution in [0.5, 0.6) is 0 Å². The van der Waals surface area contributed by atoms with E-state index in [1.54, 1.807) is 22.3 Å². The Kier molecular flexibility index (Phi) is 9.30. The summed E-state index contributed by atoms with van der Waals surface area (Å²) in [5, 5.41) is 0. The molecule has 0 bridgehead atoms. The van der Waals surface area contributed by atoms with Gasteiger partial charge in [-0.25, -0.2) is 0 Å². The van der Waals surface area contributed by atoms with Crippen molar-refractivity contribution in [1.29, 1.82) is 0 Å². The van der Waals surface area contributed by atoms with E-state index in [0.29, 0.717) is 7.35 Å². The molecule has 2 unspecified atom stereocenters. The molecule has 0 heterocycles. The molecule has 0 nitrogen and oxygen atoms in total. The van der Waals surface area contributed by atoms with Gasteiger partial charge in [-0.2, -0.15) is 0 Å². The van der Waals surface area contributed by atoms with Crippen LogP contribution in [0.4, 0.5) is 0 Å². The molecule has 0 aliphatic heterocycles. The van der Waals surface area contributed by atoms with Crippen LogP contribution in [0, 0.1) is 52.4 Å². The summed E-state index contributed by atoms with van der Waals surface area (Å²) in [5.74, 6) is -1.03. The van der Waals surface area contributed by atoms with E-state index in [9.17, 15) is 0 Å². The molecule has 0 saturated carbocycles. The van der Waals surface area contributed by atoms with Crippen molar-refractivity contribution < 1.29 is 20.6 Å². The topological polar surface area (TPSA) is 0 Å². The number of aryl methyl sites for hydroxylation is 4. The van der Waals surface area contributed by atoms with Crippen molar-refractivity contribution in [3.63, 3.8) is 0 Å². The minimum atomic E-state index is -2.58. The van der Waals surface area contributed by atoms with E-state index in [2.05, 4.69) is 169 Å². The third kappa shape index (κ3) is 6.08. The van der Waals surface area contributed by atoms with Gasteiger partial charge in [0.05, 0.1) is 0 Å². The van der Waals surface area contributed by atoms with Gasteiger partial charge < -0.3 is 0 Å². The molecular weight excluding hydrogens is 759 g/mol. The maximum atomic E-state index is 2.72. The Bertz CT molecular complexity index is 1850. The average Bonchev–Trinajstić information content (AvgIpc) is 3.57. The second-order valence-electron chi connectivity index (χ2n) is 17.3. The molecule has 48 heavy (non-hydrogen) atoms. The van der Waals surface area contributed by atoms with Gasteiger partial charge in [0.15, 0.2) is 0 Å². The molecule has 249 valence electrons. The molecule has 0 radical (unpaired) electrons. The molecular formula is C46H57HfSi. The van der Waals surface area contributed by atoms with Crippen LogP contribution in [0.15, 0.2) is 71.8 Å². The summed E-state index contributed by atoms with van der Waals surface area (Å²) < 4.78 is 1.22. The molecule has 2 atom stereocenters. The molecule has 2 aliphatic rings. The Morgan fingerprint density at radius 3 is 1.23 bits per heavy atom. The molecule has 0 saturated heterocycles. The molecule has 4 aromatic rings. The molecule has 0 N–H and O–H groups in total. The third-order valence-corrected chi connectivity index (χ3v) is 41.8. The molecule has 0 spiro atoms. The van der Waals surface area contributed by atoms with E-state index < -0.39 is 26.6 Å². The zero-order valence-electron chi connectivity index (χ0n) is 32.2. The van der Waals surface area contributed by atoms with Crippen molar-refractivity contribution in [1.82, 2.24) is 0 Å². The van der Waals surface area contributed by atoms with Gasteiger partial charge in [0.25, 0.3) is 0 Å². The van der Waals surface area contributed by atoms with Crippen molar-refractivity contribution in [3.8, 4) is 22.3 Å². The number of rotatable bonds is 5. The Hall–Kier alpha value is -2.55. The van der Waals surface area contributed by atoms with Gasteiger partial charge in [-0.05, 0) is 0 Å². The molecule has 4 aromatic carbocycles. The van der Waals surface area contributed by atoms with Crippen LogP contribution < -0.4 is 0 Å². The third-order valence-electron chi connectivity index (χ3n) is 11.4. The summed E-state index contributed by atoms with van der Waals surface area (Å²) in [6.45, 7) is 34.0. The van der Waals surface area contributed by atoms with Gasteiger partial charge in [0.1, 0.15) is 0 Å². The number of hydrogen-bond donors (Lipinski definition) is 0. The summed E-state index contributed by atoms with van der Waals surface area (Å²) in [5.41, 5.74) is 24.0. The van der Waals surface area contributed by atoms with Crippen molar-refractivity contribution in [2.24, 2.45) is 10.8 Å². The first-order valence-electron chi connectivity index (χ1n) is 18.1. The molecule has 2 heteroatoms. The number of allylic oxidation sites excluding steroid dienone is 2. The fraction of sp³-hybridized carbons (Fsp3) is 0.391. The first kappa shape index (κ1) is 35.3. The van der Waals surface area contributed by atoms with Crippen LogP contribution >= 0.6 is 0 Å². The monoisotopic (exact) mass is 817 g/mol. The van der Waals surface area contributed by atoms with Gasteiger partial charge in [-0.3, -0.25) is 0 Å². The Balaban J connectivity index is 1.60. The SMILES string of the molecule is Cc1cc(C)c(C)c(-c2cccc3c2C=C(C(C)(C)C)[CH]3[Hf]([CH]2C(C(C)(C)C)=Cc3c(-c4cc(C)cc(C)c4C)cccc32)[SiH](C)C)c1. The van der Waals surface area contributed by atoms with E-state index in [1.807, 2.05) is 0 Å². The second-order valence-corrected chi connectivity index (χ2v) is 45.3. The van der Waals surface area contributed by atoms with Crippen LogP contribution in [-0.4, -0.2) is 5.98 Å². The second kappa shape index (κ2) is 12.6. The molecule has 0 fully saturated rings. The summed E-state index contributed by atoms with van der Waals surface area (Å²) in [7, 11) is 0. The van der Waals surface area contributed by atoms with Crippen LogP contribution in [0.3, 0.4) is 0 Å². The van der Waals surface area contributed by atoms with Gasteiger partial charge >= 0.3 is 303 Å². The zero-order valence-corrected chi connectivity index (χ0v) is 36.9. The standard InChI is InChI=1S/2C22H25.C2H7Si.Hf/c2*1-14-10-15(2)16(3)20(11-14)19-9-7-8-17-12-18(13-21(17)19)22(4,5)6;1-3-2;/h2*7-13H,1-6H3;3H,1-2H3;. The van der Waals surface area contributed by atoms with E-state index in [1.165, 1.54) is 66.8 Å². The zero-order chi connectivity index (χ0) is 35.0. The first-order valence-corrected chi connectivity index (χ1v) is 31.4. The van der Waals surface area contributed by atoms with Crippen LogP contribution in [0.25, 0.3) is 34.4 Å². The normalized spacial score (nSPS) is 17.4. The molecule has 2 aliphatic carbocycles. The number of fused-ring (bicyclic) bond motifs is 2. The maximum absolute atomic E-state index is 2.72. The first-order chi connectivity index (χ1) is 22.4. The minimum absolute atomic E-state index is 0.114. The van der Waals surface area contributed by atoms with Gasteiger partial charge in [0, 0.05) is 0 Å². The van der Waals surface area contributed by atoms with Crippen molar-refractivity contribution in [3.05, 3.63) is 127 Å². The van der Waals surface area contributed by atoms with Crippen LogP contribution in [0.2, 0.25) is 13.1 Å². The van der Waals surface area contributed by atoms with Crippen LogP contribution in [-0.2, 0) is 20.6 Å². The van der Waals surface area contributed by atoms with Crippen LogP contribution in [0.1, 0.15) is 105 Å². The summed E-state index contributed by atoms with van der Waals surface area (Å²) in [6, 6.07) is 24.2. The van der Waals surface area contributed by atoms with Gasteiger partial charge in [0.2, 0.25) is 0 Å². The fourth-order valence-corrected chi connectivity index (χ4v) is 42.2. The molecule has 0 amide bonds. The van der Waals surface area contributed by atoms with Crippen molar-refractivity contribution in [2.45, 2.75) is 104 Å². The van der Waals surface area contributed by atoms with E-state index in [-0.39, 0.29) is 10.8 Å². The Morgan fingerprint density at radius 2 is 0.896 bits per heavy atom. The summed E-state index contributed by atoms with van der Waals surface area (Å²) in [6.07, 6.45) is 5.36. The Morgan fingerprint density at radius 1 is 0.521 bits per heavy atom. The predicted molar refractivity (Wildman–Crippen MR) is 211 cm³/mol. The molecule has 6 rings (SSSR count). The molecule has 0 aromatic heterocycles. The number of benzene rings is 4.